The van der Waals surface area contributed by atoms with Gasteiger partial charge in [0.2, 0.25) is 0 Å². The normalized spacial score (nSPS) is 44.4. The smallest absolute Gasteiger partial charge is 0.161 e. The summed E-state index contributed by atoms with van der Waals surface area (Å²) in [6.07, 6.45) is 4.66. The van der Waals surface area contributed by atoms with Crippen LogP contribution in [-0.2, 0) is 0 Å². The van der Waals surface area contributed by atoms with Crippen LogP contribution in [-0.4, -0.2) is 36.6 Å². The van der Waals surface area contributed by atoms with Gasteiger partial charge in [-0.25, -0.2) is 0 Å². The Morgan fingerprint density at radius 1 is 1.11 bits per heavy atom. The Bertz CT molecular complexity index is 342. The molecule has 0 amide bonds. The zero-order valence-electron chi connectivity index (χ0n) is 12.9. The summed E-state index contributed by atoms with van der Waals surface area (Å²) in [5.74, 6) is 1.04. The molecule has 19 heavy (non-hydrogen) atoms. The first-order valence-electron chi connectivity index (χ1n) is 7.98. The molecule has 3 rings (SSSR count). The van der Waals surface area contributed by atoms with Gasteiger partial charge in [-0.2, -0.15) is 0 Å². The van der Waals surface area contributed by atoms with E-state index in [2.05, 4.69) is 38.3 Å². The summed E-state index contributed by atoms with van der Waals surface area (Å²) >= 11 is 0. The van der Waals surface area contributed by atoms with Crippen LogP contribution in [0.4, 0.5) is 0 Å². The lowest BCUT2D eigenvalue weighted by atomic mass is 9.41. The van der Waals surface area contributed by atoms with E-state index in [0.717, 1.165) is 26.1 Å². The van der Waals surface area contributed by atoms with Crippen LogP contribution in [0.3, 0.4) is 0 Å². The summed E-state index contributed by atoms with van der Waals surface area (Å²) in [4.78, 5) is 0. The molecule has 0 radical (unpaired) electrons. The lowest BCUT2D eigenvalue weighted by molar-refractivity contribution is 0.0455. The van der Waals surface area contributed by atoms with Gasteiger partial charge < -0.3 is 10.4 Å². The standard InChI is InChI=1S/C15H29BN2O/c1-14(2)8-16(9-15(14,3)4)12-7-10-11(18-12)5-6-17-13(10)19/h10-13,17-19H,5-9H2,1-4H3. The van der Waals surface area contributed by atoms with Gasteiger partial charge >= 0.3 is 0 Å². The molecule has 0 aromatic rings. The molecule has 0 aliphatic carbocycles. The monoisotopic (exact) mass is 264 g/mol. The SMILES string of the molecule is CC1(C)CB(C2CC3C(O)NCCC3N2)CC1(C)C. The number of nitrogens with one attached hydrogen (secondary N) is 2. The third-order valence-electron chi connectivity index (χ3n) is 6.63. The fraction of sp³-hybridized carbons (Fsp3) is 1.00. The Hall–Kier alpha value is -0.0551. The van der Waals surface area contributed by atoms with E-state index in [-0.39, 0.29) is 6.23 Å². The number of rotatable bonds is 1. The second-order valence-electron chi connectivity index (χ2n) is 8.40. The summed E-state index contributed by atoms with van der Waals surface area (Å²) in [6, 6.07) is 0.535. The molecule has 3 nitrogen and oxygen atoms in total. The predicted molar refractivity (Wildman–Crippen MR) is 80.4 cm³/mol. The number of hydrogen-bond donors (Lipinski definition) is 3. The van der Waals surface area contributed by atoms with Gasteiger partial charge in [-0.05, 0) is 36.2 Å². The minimum atomic E-state index is -0.293. The zero-order chi connectivity index (χ0) is 13.8. The van der Waals surface area contributed by atoms with Crippen molar-refractivity contribution in [2.75, 3.05) is 6.54 Å². The number of aliphatic hydroxyl groups excluding tert-OH is 1. The maximum Gasteiger partial charge on any atom is 0.161 e. The highest BCUT2D eigenvalue weighted by atomic mass is 16.3. The lowest BCUT2D eigenvalue weighted by Crippen LogP contribution is -2.49. The van der Waals surface area contributed by atoms with Crippen molar-refractivity contribution in [1.82, 2.24) is 10.6 Å². The maximum atomic E-state index is 10.1. The first-order valence-corrected chi connectivity index (χ1v) is 7.98. The summed E-state index contributed by atoms with van der Waals surface area (Å²) < 4.78 is 0. The first kappa shape index (κ1) is 13.9. The molecule has 0 saturated carbocycles. The number of hydrogen-bond acceptors (Lipinski definition) is 3. The molecule has 3 aliphatic heterocycles. The lowest BCUT2D eigenvalue weighted by Gasteiger charge is -2.35. The summed E-state index contributed by atoms with van der Waals surface area (Å²) in [5.41, 5.74) is 0.869. The van der Waals surface area contributed by atoms with Gasteiger partial charge in [0.05, 0.1) is 0 Å². The van der Waals surface area contributed by atoms with E-state index >= 15 is 0 Å². The highest BCUT2D eigenvalue weighted by Crippen LogP contribution is 2.54. The molecule has 3 aliphatic rings. The third-order valence-corrected chi connectivity index (χ3v) is 6.63. The Balaban J connectivity index is 1.69. The second kappa shape index (κ2) is 4.47. The van der Waals surface area contributed by atoms with Gasteiger partial charge in [0.25, 0.3) is 0 Å². The van der Waals surface area contributed by atoms with E-state index in [0.29, 0.717) is 28.7 Å². The summed E-state index contributed by atoms with van der Waals surface area (Å²) in [6.45, 7) is 11.4. The Morgan fingerprint density at radius 3 is 2.32 bits per heavy atom. The fourth-order valence-corrected chi connectivity index (χ4v) is 4.66. The van der Waals surface area contributed by atoms with E-state index in [1.165, 1.54) is 12.6 Å². The minimum absolute atomic E-state index is 0.293. The first-order chi connectivity index (χ1) is 8.80. The van der Waals surface area contributed by atoms with Crippen LogP contribution in [0.5, 0.6) is 0 Å². The molecule has 3 N–H and O–H groups in total. The van der Waals surface area contributed by atoms with Gasteiger partial charge in [0, 0.05) is 12.0 Å². The van der Waals surface area contributed by atoms with Crippen molar-refractivity contribution in [3.05, 3.63) is 0 Å². The van der Waals surface area contributed by atoms with E-state index in [4.69, 9.17) is 0 Å². The van der Waals surface area contributed by atoms with Crippen LogP contribution in [0.2, 0.25) is 12.6 Å². The molecular weight excluding hydrogens is 235 g/mol. The molecule has 3 heterocycles. The molecule has 3 saturated heterocycles. The average molecular weight is 264 g/mol. The Labute approximate surface area is 118 Å². The molecule has 0 aromatic heterocycles. The molecule has 0 aromatic carbocycles. The van der Waals surface area contributed by atoms with Crippen LogP contribution >= 0.6 is 0 Å². The van der Waals surface area contributed by atoms with Gasteiger partial charge in [0.1, 0.15) is 6.23 Å². The van der Waals surface area contributed by atoms with Gasteiger partial charge in [-0.15, -0.1) is 0 Å². The van der Waals surface area contributed by atoms with E-state index in [9.17, 15) is 5.11 Å². The molecule has 4 unspecified atom stereocenters. The predicted octanol–water partition coefficient (Wildman–Crippen LogP) is 1.74. The molecular formula is C15H29BN2O. The Kier molecular flexibility index (Phi) is 3.27. The summed E-state index contributed by atoms with van der Waals surface area (Å²) in [7, 11) is 0. The van der Waals surface area contributed by atoms with Gasteiger partial charge in [0.15, 0.2) is 6.71 Å². The van der Waals surface area contributed by atoms with Crippen LogP contribution in [0.1, 0.15) is 40.5 Å². The second-order valence-corrected chi connectivity index (χ2v) is 8.40. The molecule has 4 atom stereocenters. The highest BCUT2D eigenvalue weighted by Gasteiger charge is 2.53. The number of piperidine rings is 1. The molecule has 3 fully saturated rings. The molecule has 0 spiro atoms. The van der Waals surface area contributed by atoms with Crippen LogP contribution in [0.25, 0.3) is 0 Å². The molecule has 0 bridgehead atoms. The van der Waals surface area contributed by atoms with E-state index in [1.54, 1.807) is 0 Å². The van der Waals surface area contributed by atoms with Crippen LogP contribution < -0.4 is 10.6 Å². The maximum absolute atomic E-state index is 10.1. The number of aliphatic hydroxyl groups is 1. The van der Waals surface area contributed by atoms with Crippen molar-refractivity contribution in [2.45, 2.75) is 71.4 Å². The number of fused-ring (bicyclic) bond motifs is 1. The van der Waals surface area contributed by atoms with Gasteiger partial charge in [-0.1, -0.05) is 40.3 Å². The Morgan fingerprint density at radius 2 is 1.74 bits per heavy atom. The molecule has 108 valence electrons. The molecule has 4 heteroatoms. The zero-order valence-corrected chi connectivity index (χ0v) is 12.9. The van der Waals surface area contributed by atoms with Gasteiger partial charge in [-0.3, -0.25) is 5.32 Å². The van der Waals surface area contributed by atoms with Crippen molar-refractivity contribution in [3.63, 3.8) is 0 Å². The van der Waals surface area contributed by atoms with E-state index in [1.807, 2.05) is 0 Å². The summed E-state index contributed by atoms with van der Waals surface area (Å²) in [5, 5.41) is 17.1. The van der Waals surface area contributed by atoms with Crippen molar-refractivity contribution < 1.29 is 5.11 Å². The van der Waals surface area contributed by atoms with Crippen molar-refractivity contribution >= 4 is 6.71 Å². The van der Waals surface area contributed by atoms with Crippen molar-refractivity contribution in [3.8, 4) is 0 Å². The van der Waals surface area contributed by atoms with Crippen LogP contribution in [0.15, 0.2) is 0 Å². The third kappa shape index (κ3) is 2.26. The minimum Gasteiger partial charge on any atom is -0.378 e. The van der Waals surface area contributed by atoms with Crippen LogP contribution in [0, 0.1) is 16.7 Å². The highest BCUT2D eigenvalue weighted by molar-refractivity contribution is 6.62. The largest absolute Gasteiger partial charge is 0.378 e. The fourth-order valence-electron chi connectivity index (χ4n) is 4.66. The quantitative estimate of drug-likeness (QED) is 0.632. The van der Waals surface area contributed by atoms with Crippen molar-refractivity contribution in [1.29, 1.82) is 0 Å². The van der Waals surface area contributed by atoms with Crippen molar-refractivity contribution in [2.24, 2.45) is 16.7 Å². The average Bonchev–Trinajstić information content (AvgIpc) is 2.80. The topological polar surface area (TPSA) is 44.3 Å². The van der Waals surface area contributed by atoms with E-state index < -0.39 is 0 Å².